The van der Waals surface area contributed by atoms with Crippen LogP contribution in [0.1, 0.15) is 49.8 Å². The molecule has 6 heteroatoms. The van der Waals surface area contributed by atoms with Gasteiger partial charge in [-0.3, -0.25) is 9.63 Å². The van der Waals surface area contributed by atoms with Crippen LogP contribution in [0.5, 0.6) is 5.75 Å². The first-order valence-electron chi connectivity index (χ1n) is 9.41. The number of ether oxygens (including phenoxy) is 1. The zero-order valence-corrected chi connectivity index (χ0v) is 15.6. The molecule has 1 amide bonds. The summed E-state index contributed by atoms with van der Waals surface area (Å²) in [4.78, 5) is 29.3. The molecule has 1 saturated heterocycles. The van der Waals surface area contributed by atoms with Crippen LogP contribution in [0.3, 0.4) is 0 Å². The minimum Gasteiger partial charge on any atom is -0.491 e. The van der Waals surface area contributed by atoms with Gasteiger partial charge in [-0.25, -0.2) is 4.79 Å². The van der Waals surface area contributed by atoms with E-state index in [1.165, 1.54) is 24.0 Å². The molecule has 142 valence electrons. The molecule has 1 aliphatic carbocycles. The van der Waals surface area contributed by atoms with Gasteiger partial charge >= 0.3 is 6.16 Å². The van der Waals surface area contributed by atoms with Crippen LogP contribution < -0.4 is 4.74 Å². The molecule has 1 atom stereocenters. The number of hydrogen-bond acceptors (Lipinski definition) is 4. The van der Waals surface area contributed by atoms with E-state index in [1.807, 2.05) is 13.0 Å². The van der Waals surface area contributed by atoms with E-state index in [0.29, 0.717) is 5.70 Å². The molecular weight excluding hydrogens is 346 g/mol. The first kappa shape index (κ1) is 17.6. The highest BCUT2D eigenvalue weighted by Crippen LogP contribution is 2.53. The summed E-state index contributed by atoms with van der Waals surface area (Å²) in [6.07, 6.45) is 7.55. The highest BCUT2D eigenvalue weighted by atomic mass is 16.8. The van der Waals surface area contributed by atoms with Gasteiger partial charge in [0.2, 0.25) is 0 Å². The van der Waals surface area contributed by atoms with Crippen LogP contribution in [0.2, 0.25) is 0 Å². The summed E-state index contributed by atoms with van der Waals surface area (Å²) < 4.78 is 5.97. The van der Waals surface area contributed by atoms with Gasteiger partial charge in [0.25, 0.3) is 5.91 Å². The molecule has 1 fully saturated rings. The Kier molecular flexibility index (Phi) is 4.21. The molecule has 1 aromatic carbocycles. The van der Waals surface area contributed by atoms with Gasteiger partial charge in [-0.05, 0) is 62.3 Å². The molecule has 4 rings (SSSR count). The Balaban J connectivity index is 1.88. The minimum atomic E-state index is -1.52. The summed E-state index contributed by atoms with van der Waals surface area (Å²) in [6.45, 7) is 3.76. The quantitative estimate of drug-likeness (QED) is 0.760. The highest BCUT2D eigenvalue weighted by Gasteiger charge is 2.60. The Labute approximate surface area is 158 Å². The third-order valence-electron chi connectivity index (χ3n) is 5.83. The van der Waals surface area contributed by atoms with Crippen LogP contribution in [0.15, 0.2) is 35.6 Å². The first-order chi connectivity index (χ1) is 13.0. The van der Waals surface area contributed by atoms with E-state index >= 15 is 0 Å². The molecule has 0 saturated carbocycles. The molecule has 0 radical (unpaired) electrons. The molecule has 0 bridgehead atoms. The monoisotopic (exact) mass is 369 g/mol. The first-order valence-corrected chi connectivity index (χ1v) is 9.41. The number of rotatable bonds is 1. The summed E-state index contributed by atoms with van der Waals surface area (Å²) in [5.74, 6) is 0.300. The molecule has 3 aliphatic rings. The van der Waals surface area contributed by atoms with Gasteiger partial charge in [-0.15, -0.1) is 5.06 Å². The number of nitrogens with zero attached hydrogens (tertiary/aromatic N) is 1. The maximum Gasteiger partial charge on any atom is 0.531 e. The average Bonchev–Trinajstić information content (AvgIpc) is 2.99. The fourth-order valence-electron chi connectivity index (χ4n) is 4.62. The number of hydroxylamine groups is 2. The summed E-state index contributed by atoms with van der Waals surface area (Å²) >= 11 is 0. The lowest BCUT2D eigenvalue weighted by Gasteiger charge is -2.21. The maximum atomic E-state index is 13.4. The molecule has 1 N–H and O–H groups in total. The SMILES string of the molecule is C/C=C1\C(=C/C)N(OC(=O)O)C(=O)C12COc1cc3c(cc12)CCCCC3. The number of hydrogen-bond donors (Lipinski definition) is 1. The fraction of sp³-hybridized carbons (Fsp3) is 0.429. The van der Waals surface area contributed by atoms with Crippen LogP contribution in [0, 0.1) is 0 Å². The lowest BCUT2D eigenvalue weighted by molar-refractivity contribution is -0.160. The highest BCUT2D eigenvalue weighted by molar-refractivity contribution is 6.00. The van der Waals surface area contributed by atoms with Crippen molar-refractivity contribution in [3.8, 4) is 5.75 Å². The van der Waals surface area contributed by atoms with E-state index in [1.54, 1.807) is 13.0 Å². The van der Waals surface area contributed by atoms with Gasteiger partial charge in [0.1, 0.15) is 17.8 Å². The second-order valence-corrected chi connectivity index (χ2v) is 7.20. The van der Waals surface area contributed by atoms with E-state index in [4.69, 9.17) is 14.7 Å². The molecule has 27 heavy (non-hydrogen) atoms. The zero-order valence-electron chi connectivity index (χ0n) is 15.6. The van der Waals surface area contributed by atoms with Crippen molar-refractivity contribution in [2.75, 3.05) is 6.61 Å². The average molecular weight is 369 g/mol. The molecule has 0 aromatic heterocycles. The van der Waals surface area contributed by atoms with Crippen LogP contribution in [-0.4, -0.2) is 28.8 Å². The number of carboxylic acid groups (broad SMARTS) is 1. The number of fused-ring (bicyclic) bond motifs is 3. The Morgan fingerprint density at radius 3 is 2.52 bits per heavy atom. The lowest BCUT2D eigenvalue weighted by atomic mass is 9.75. The van der Waals surface area contributed by atoms with Crippen molar-refractivity contribution >= 4 is 12.1 Å². The predicted octanol–water partition coefficient (Wildman–Crippen LogP) is 3.89. The second-order valence-electron chi connectivity index (χ2n) is 7.20. The van der Waals surface area contributed by atoms with Crippen LogP contribution in [0.4, 0.5) is 4.79 Å². The number of carbonyl (C=O) groups is 2. The van der Waals surface area contributed by atoms with Crippen molar-refractivity contribution in [2.24, 2.45) is 0 Å². The normalized spacial score (nSPS) is 26.9. The van der Waals surface area contributed by atoms with Gasteiger partial charge in [0.05, 0.1) is 5.70 Å². The van der Waals surface area contributed by atoms with Crippen LogP contribution in [-0.2, 0) is 27.9 Å². The van der Waals surface area contributed by atoms with E-state index in [-0.39, 0.29) is 6.61 Å². The number of allylic oxidation sites excluding steroid dienone is 3. The summed E-state index contributed by atoms with van der Waals surface area (Å²) in [6, 6.07) is 4.17. The zero-order chi connectivity index (χ0) is 19.2. The third-order valence-corrected chi connectivity index (χ3v) is 5.83. The van der Waals surface area contributed by atoms with E-state index in [2.05, 4.69) is 12.1 Å². The Bertz CT molecular complexity index is 885. The van der Waals surface area contributed by atoms with Crippen molar-refractivity contribution in [3.63, 3.8) is 0 Å². The summed E-state index contributed by atoms with van der Waals surface area (Å²) in [7, 11) is 0. The van der Waals surface area contributed by atoms with E-state index in [9.17, 15) is 9.59 Å². The standard InChI is InChI=1S/C21H23NO5/c1-3-15-17(4-2)22(27-20(24)25)19(23)21(15)12-26-18-11-14-9-7-5-6-8-13(14)10-16(18)21/h3-4,10-11H,5-9,12H2,1-2H3,(H,24,25)/b15-3+,17-4+. The Morgan fingerprint density at radius 2 is 1.89 bits per heavy atom. The molecule has 1 spiro atoms. The van der Waals surface area contributed by atoms with Gasteiger partial charge in [0, 0.05) is 5.56 Å². The van der Waals surface area contributed by atoms with Gasteiger partial charge in [-0.1, -0.05) is 24.6 Å². The Hall–Kier alpha value is -2.76. The Morgan fingerprint density at radius 1 is 1.19 bits per heavy atom. The number of aryl methyl sites for hydroxylation is 2. The van der Waals surface area contributed by atoms with Crippen molar-refractivity contribution in [1.29, 1.82) is 0 Å². The van der Waals surface area contributed by atoms with Crippen LogP contribution in [0.25, 0.3) is 0 Å². The largest absolute Gasteiger partial charge is 0.531 e. The molecule has 6 nitrogen and oxygen atoms in total. The van der Waals surface area contributed by atoms with Gasteiger partial charge < -0.3 is 9.84 Å². The maximum absolute atomic E-state index is 13.4. The third kappa shape index (κ3) is 2.46. The number of benzene rings is 1. The molecule has 2 heterocycles. The number of carbonyl (C=O) groups excluding carboxylic acids is 1. The molecule has 1 unspecified atom stereocenters. The predicted molar refractivity (Wildman–Crippen MR) is 98.3 cm³/mol. The topological polar surface area (TPSA) is 76.1 Å². The molecule has 1 aromatic rings. The number of amides is 1. The minimum absolute atomic E-state index is 0.153. The smallest absolute Gasteiger partial charge is 0.491 e. The van der Waals surface area contributed by atoms with E-state index in [0.717, 1.165) is 41.2 Å². The van der Waals surface area contributed by atoms with Crippen molar-refractivity contribution in [2.45, 2.75) is 51.4 Å². The van der Waals surface area contributed by atoms with Crippen LogP contribution >= 0.6 is 0 Å². The van der Waals surface area contributed by atoms with Gasteiger partial charge in [-0.2, -0.15) is 0 Å². The summed E-state index contributed by atoms with van der Waals surface area (Å²) in [5, 5.41) is 9.98. The van der Waals surface area contributed by atoms with Gasteiger partial charge in [0.15, 0.2) is 0 Å². The summed E-state index contributed by atoms with van der Waals surface area (Å²) in [5.41, 5.74) is 3.50. The second kappa shape index (κ2) is 6.44. The van der Waals surface area contributed by atoms with E-state index < -0.39 is 17.5 Å². The lowest BCUT2D eigenvalue weighted by Crippen LogP contribution is -2.40. The molecular formula is C21H23NO5. The van der Waals surface area contributed by atoms with Crippen molar-refractivity contribution < 1.29 is 24.3 Å². The van der Waals surface area contributed by atoms with Crippen molar-refractivity contribution in [1.82, 2.24) is 5.06 Å². The van der Waals surface area contributed by atoms with Crippen molar-refractivity contribution in [3.05, 3.63) is 52.2 Å². The fourth-order valence-corrected chi connectivity index (χ4v) is 4.62. The molecule has 2 aliphatic heterocycles.